The minimum absolute atomic E-state index is 0.0572. The Morgan fingerprint density at radius 1 is 1.32 bits per heavy atom. The first kappa shape index (κ1) is 17.6. The second-order valence-corrected chi connectivity index (χ2v) is 7.68. The van der Waals surface area contributed by atoms with Crippen LogP contribution >= 0.6 is 0 Å². The summed E-state index contributed by atoms with van der Waals surface area (Å²) in [6.45, 7) is 8.62. The van der Waals surface area contributed by atoms with Crippen LogP contribution in [-0.4, -0.2) is 49.9 Å². The van der Waals surface area contributed by atoms with E-state index in [2.05, 4.69) is 46.3 Å². The summed E-state index contributed by atoms with van der Waals surface area (Å²) in [4.78, 5) is 14.5. The maximum Gasteiger partial charge on any atom is 0.254 e. The molecule has 0 aliphatic carbocycles. The number of aryl methyl sites for hydroxylation is 1. The van der Waals surface area contributed by atoms with Gasteiger partial charge in [0.1, 0.15) is 0 Å². The highest BCUT2D eigenvalue weighted by atomic mass is 16.4. The van der Waals surface area contributed by atoms with Gasteiger partial charge in [-0.1, -0.05) is 20.8 Å². The molecule has 3 heterocycles. The molecule has 1 fully saturated rings. The molecule has 8 heteroatoms. The smallest absolute Gasteiger partial charge is 0.254 e. The summed E-state index contributed by atoms with van der Waals surface area (Å²) in [7, 11) is 1.80. The molecule has 25 heavy (non-hydrogen) atoms. The third-order valence-corrected chi connectivity index (χ3v) is 4.36. The van der Waals surface area contributed by atoms with Crippen LogP contribution in [-0.2, 0) is 19.0 Å². The summed E-state index contributed by atoms with van der Waals surface area (Å²) in [5.41, 5.74) is 0.472. The minimum atomic E-state index is -0.130. The average molecular weight is 346 g/mol. The third-order valence-electron chi connectivity index (χ3n) is 4.36. The molecule has 0 saturated carbocycles. The van der Waals surface area contributed by atoms with Gasteiger partial charge >= 0.3 is 0 Å². The van der Waals surface area contributed by atoms with Gasteiger partial charge in [-0.25, -0.2) is 0 Å². The van der Waals surface area contributed by atoms with E-state index in [1.807, 2.05) is 0 Å². The lowest BCUT2D eigenvalue weighted by molar-refractivity contribution is 0.0905. The first-order chi connectivity index (χ1) is 11.8. The predicted molar refractivity (Wildman–Crippen MR) is 92.0 cm³/mol. The summed E-state index contributed by atoms with van der Waals surface area (Å²) in [5.74, 6) is 1.27. The standard InChI is InChI=1S/C17H26N6O2/c1-17(2,3)16-21-20-14(25-16)11-23-7-5-13(6-8-23)19-15(24)12-9-18-22(4)10-12/h9-10,13H,5-8,11H2,1-4H3,(H,19,24). The molecule has 1 saturated heterocycles. The monoisotopic (exact) mass is 346 g/mol. The zero-order valence-corrected chi connectivity index (χ0v) is 15.3. The quantitative estimate of drug-likeness (QED) is 0.902. The van der Waals surface area contributed by atoms with E-state index >= 15 is 0 Å². The number of hydrogen-bond acceptors (Lipinski definition) is 6. The minimum Gasteiger partial charge on any atom is -0.423 e. The molecular weight excluding hydrogens is 320 g/mol. The number of amides is 1. The summed E-state index contributed by atoms with van der Waals surface area (Å²) in [5, 5.41) is 15.4. The largest absolute Gasteiger partial charge is 0.423 e. The van der Waals surface area contributed by atoms with Crippen molar-refractivity contribution in [3.05, 3.63) is 29.7 Å². The van der Waals surface area contributed by atoms with Crippen molar-refractivity contribution >= 4 is 5.91 Å². The number of piperidine rings is 1. The lowest BCUT2D eigenvalue weighted by Crippen LogP contribution is -2.44. The van der Waals surface area contributed by atoms with Gasteiger partial charge in [0, 0.05) is 37.8 Å². The van der Waals surface area contributed by atoms with E-state index in [-0.39, 0.29) is 17.4 Å². The normalized spacial score (nSPS) is 17.0. The predicted octanol–water partition coefficient (Wildman–Crippen LogP) is 1.49. The van der Waals surface area contributed by atoms with Crippen molar-refractivity contribution in [2.24, 2.45) is 7.05 Å². The van der Waals surface area contributed by atoms with E-state index in [1.165, 1.54) is 0 Å². The summed E-state index contributed by atoms with van der Waals surface area (Å²) in [6, 6.07) is 0.191. The Labute approximate surface area is 147 Å². The van der Waals surface area contributed by atoms with Crippen molar-refractivity contribution in [1.29, 1.82) is 0 Å². The number of nitrogens with zero attached hydrogens (tertiary/aromatic N) is 5. The Balaban J connectivity index is 1.47. The highest BCUT2D eigenvalue weighted by Gasteiger charge is 2.25. The van der Waals surface area contributed by atoms with Gasteiger partial charge in [0.2, 0.25) is 11.8 Å². The van der Waals surface area contributed by atoms with Crippen LogP contribution < -0.4 is 5.32 Å². The first-order valence-corrected chi connectivity index (χ1v) is 8.66. The van der Waals surface area contributed by atoms with Gasteiger partial charge in [0.25, 0.3) is 5.91 Å². The highest BCUT2D eigenvalue weighted by Crippen LogP contribution is 2.21. The highest BCUT2D eigenvalue weighted by molar-refractivity contribution is 5.93. The molecule has 8 nitrogen and oxygen atoms in total. The fourth-order valence-electron chi connectivity index (χ4n) is 2.85. The Bertz CT molecular complexity index is 722. The van der Waals surface area contributed by atoms with Crippen LogP contribution in [0.3, 0.4) is 0 Å². The zero-order chi connectivity index (χ0) is 18.0. The van der Waals surface area contributed by atoms with Crippen molar-refractivity contribution in [1.82, 2.24) is 30.2 Å². The Hall–Kier alpha value is -2.22. The zero-order valence-electron chi connectivity index (χ0n) is 15.3. The lowest BCUT2D eigenvalue weighted by atomic mass is 9.97. The fraction of sp³-hybridized carbons (Fsp3) is 0.647. The van der Waals surface area contributed by atoms with E-state index in [0.29, 0.717) is 23.9 Å². The number of aromatic nitrogens is 4. The van der Waals surface area contributed by atoms with Crippen molar-refractivity contribution in [3.63, 3.8) is 0 Å². The Kier molecular flexibility index (Phi) is 4.89. The first-order valence-electron chi connectivity index (χ1n) is 8.66. The van der Waals surface area contributed by atoms with Crippen molar-refractivity contribution in [2.45, 2.75) is 51.6 Å². The van der Waals surface area contributed by atoms with Gasteiger partial charge in [0.05, 0.1) is 18.3 Å². The summed E-state index contributed by atoms with van der Waals surface area (Å²) < 4.78 is 7.39. The number of carbonyl (C=O) groups excluding carboxylic acids is 1. The molecule has 1 N–H and O–H groups in total. The Morgan fingerprint density at radius 2 is 2.04 bits per heavy atom. The SMILES string of the molecule is Cn1cc(C(=O)NC2CCN(Cc3nnc(C(C)(C)C)o3)CC2)cn1. The summed E-state index contributed by atoms with van der Waals surface area (Å²) in [6.07, 6.45) is 5.14. The van der Waals surface area contributed by atoms with Gasteiger partial charge in [-0.15, -0.1) is 10.2 Å². The number of rotatable bonds is 4. The molecule has 2 aromatic heterocycles. The molecule has 0 bridgehead atoms. The van der Waals surface area contributed by atoms with Crippen LogP contribution in [0.15, 0.2) is 16.8 Å². The number of likely N-dealkylation sites (tertiary alicyclic amines) is 1. The number of hydrogen-bond donors (Lipinski definition) is 1. The van der Waals surface area contributed by atoms with E-state index in [1.54, 1.807) is 24.1 Å². The van der Waals surface area contributed by atoms with Crippen LogP contribution in [0.25, 0.3) is 0 Å². The Morgan fingerprint density at radius 3 is 2.60 bits per heavy atom. The van der Waals surface area contributed by atoms with Crippen molar-refractivity contribution < 1.29 is 9.21 Å². The molecule has 0 spiro atoms. The maximum atomic E-state index is 12.2. The van der Waals surface area contributed by atoms with Crippen molar-refractivity contribution in [3.8, 4) is 0 Å². The summed E-state index contributed by atoms with van der Waals surface area (Å²) >= 11 is 0. The molecule has 3 rings (SSSR count). The second kappa shape index (κ2) is 6.95. The topological polar surface area (TPSA) is 89.1 Å². The van der Waals surface area contributed by atoms with Crippen LogP contribution in [0, 0.1) is 0 Å². The van der Waals surface area contributed by atoms with Gasteiger partial charge in [-0.2, -0.15) is 5.10 Å². The second-order valence-electron chi connectivity index (χ2n) is 7.68. The van der Waals surface area contributed by atoms with E-state index in [4.69, 9.17) is 4.42 Å². The van der Waals surface area contributed by atoms with Gasteiger partial charge < -0.3 is 9.73 Å². The number of nitrogens with one attached hydrogen (secondary N) is 1. The molecule has 1 aliphatic rings. The molecule has 0 atom stereocenters. The van der Waals surface area contributed by atoms with Gasteiger partial charge in [0.15, 0.2) is 0 Å². The molecular formula is C17H26N6O2. The van der Waals surface area contributed by atoms with Crippen molar-refractivity contribution in [2.75, 3.05) is 13.1 Å². The van der Waals surface area contributed by atoms with E-state index in [9.17, 15) is 4.79 Å². The van der Waals surface area contributed by atoms with Crippen LogP contribution in [0.2, 0.25) is 0 Å². The van der Waals surface area contributed by atoms with Gasteiger partial charge in [-0.3, -0.25) is 14.4 Å². The van der Waals surface area contributed by atoms with E-state index in [0.717, 1.165) is 25.9 Å². The van der Waals surface area contributed by atoms with Crippen LogP contribution in [0.1, 0.15) is 55.8 Å². The molecule has 1 amide bonds. The lowest BCUT2D eigenvalue weighted by Gasteiger charge is -2.31. The number of carbonyl (C=O) groups is 1. The fourth-order valence-corrected chi connectivity index (χ4v) is 2.85. The molecule has 0 radical (unpaired) electrons. The van der Waals surface area contributed by atoms with Crippen LogP contribution in [0.5, 0.6) is 0 Å². The molecule has 0 aromatic carbocycles. The molecule has 2 aromatic rings. The molecule has 136 valence electrons. The molecule has 0 unspecified atom stereocenters. The van der Waals surface area contributed by atoms with Gasteiger partial charge in [-0.05, 0) is 12.8 Å². The van der Waals surface area contributed by atoms with E-state index < -0.39 is 0 Å². The maximum absolute atomic E-state index is 12.2. The third kappa shape index (κ3) is 4.45. The molecule has 1 aliphatic heterocycles. The van der Waals surface area contributed by atoms with Crippen LogP contribution in [0.4, 0.5) is 0 Å². The average Bonchev–Trinajstić information content (AvgIpc) is 3.18.